The van der Waals surface area contributed by atoms with Gasteiger partial charge >= 0.3 is 0 Å². The molecule has 1 unspecified atom stereocenters. The second kappa shape index (κ2) is 5.18. The molecule has 1 fully saturated rings. The first kappa shape index (κ1) is 12.6. The van der Waals surface area contributed by atoms with Gasteiger partial charge in [0.05, 0.1) is 15.7 Å². The maximum absolute atomic E-state index is 12.0. The Morgan fingerprint density at radius 1 is 1.53 bits per heavy atom. The highest BCUT2D eigenvalue weighted by molar-refractivity contribution is 9.10. The summed E-state index contributed by atoms with van der Waals surface area (Å²) < 4.78 is 12.6. The van der Waals surface area contributed by atoms with Crippen molar-refractivity contribution in [1.29, 1.82) is 0 Å². The number of carbonyl (C=O) groups is 1. The molecule has 2 rings (SSSR count). The quantitative estimate of drug-likeness (QED) is 0.825. The lowest BCUT2D eigenvalue weighted by molar-refractivity contribution is -0.118. The number of anilines is 1. The summed E-state index contributed by atoms with van der Waals surface area (Å²) in [4.78, 5) is 12.1. The van der Waals surface area contributed by atoms with Gasteiger partial charge in [-0.3, -0.25) is 9.00 Å². The van der Waals surface area contributed by atoms with Crippen LogP contribution in [-0.2, 0) is 15.6 Å². The van der Waals surface area contributed by atoms with E-state index in [1.807, 2.05) is 0 Å². The number of hydrogen-bond donors (Lipinski definition) is 2. The summed E-state index contributed by atoms with van der Waals surface area (Å²) >= 11 is 3.30. The summed E-state index contributed by atoms with van der Waals surface area (Å²) in [6.45, 7) is 0. The fourth-order valence-corrected chi connectivity index (χ4v) is 3.31. The monoisotopic (exact) mass is 316 g/mol. The zero-order chi connectivity index (χ0) is 12.4. The summed E-state index contributed by atoms with van der Waals surface area (Å²) in [5.41, 5.74) is 6.19. The van der Waals surface area contributed by atoms with E-state index in [1.165, 1.54) is 0 Å². The molecule has 1 amide bonds. The minimum Gasteiger partial charge on any atom is -0.399 e. The number of nitrogen functional groups attached to an aromatic ring is 1. The number of benzene rings is 1. The zero-order valence-corrected chi connectivity index (χ0v) is 11.5. The Kier molecular flexibility index (Phi) is 3.83. The molecule has 3 N–H and O–H groups in total. The number of hydrogen-bond acceptors (Lipinski definition) is 3. The lowest BCUT2D eigenvalue weighted by Gasteiger charge is -2.06. The molecular weight excluding hydrogens is 304 g/mol. The van der Waals surface area contributed by atoms with E-state index in [1.54, 1.807) is 18.2 Å². The molecule has 6 heteroatoms. The molecule has 1 aromatic carbocycles. The summed E-state index contributed by atoms with van der Waals surface area (Å²) in [6, 6.07) is 5.34. The van der Waals surface area contributed by atoms with Crippen LogP contribution in [0.3, 0.4) is 0 Å². The van der Waals surface area contributed by atoms with E-state index in [0.29, 0.717) is 21.1 Å². The Morgan fingerprint density at radius 2 is 2.24 bits per heavy atom. The Balaban J connectivity index is 2.00. The van der Waals surface area contributed by atoms with Crippen molar-refractivity contribution < 1.29 is 9.00 Å². The first-order valence-corrected chi connectivity index (χ1v) is 7.40. The molecule has 1 aliphatic carbocycles. The molecule has 0 saturated heterocycles. The molecule has 1 saturated carbocycles. The molecule has 0 heterocycles. The van der Waals surface area contributed by atoms with Crippen LogP contribution in [0.25, 0.3) is 0 Å². The molecule has 0 spiro atoms. The number of nitrogens with one attached hydrogen (secondary N) is 1. The van der Waals surface area contributed by atoms with Crippen LogP contribution in [0.2, 0.25) is 0 Å². The third-order valence-electron chi connectivity index (χ3n) is 2.41. The number of rotatable bonds is 4. The lowest BCUT2D eigenvalue weighted by atomic mass is 10.3. The molecule has 1 aliphatic rings. The van der Waals surface area contributed by atoms with Crippen LogP contribution in [0.15, 0.2) is 27.6 Å². The van der Waals surface area contributed by atoms with Crippen LogP contribution in [0.5, 0.6) is 0 Å². The molecular formula is C11H13BrN2O2S. The van der Waals surface area contributed by atoms with E-state index in [0.717, 1.165) is 12.8 Å². The Labute approximate surface area is 111 Å². The molecule has 4 nitrogen and oxygen atoms in total. The fraction of sp³-hybridized carbons (Fsp3) is 0.364. The fourth-order valence-electron chi connectivity index (χ4n) is 1.40. The molecule has 0 radical (unpaired) electrons. The zero-order valence-electron chi connectivity index (χ0n) is 9.11. The minimum atomic E-state index is -1.34. The lowest BCUT2D eigenvalue weighted by Crippen LogP contribution is -2.30. The molecule has 0 aliphatic heterocycles. The van der Waals surface area contributed by atoms with E-state index in [4.69, 9.17) is 5.73 Å². The number of amides is 1. The van der Waals surface area contributed by atoms with Gasteiger partial charge in [0.25, 0.3) is 0 Å². The topological polar surface area (TPSA) is 72.2 Å². The maximum atomic E-state index is 12.0. The third-order valence-corrected chi connectivity index (χ3v) is 4.70. The average Bonchev–Trinajstić information content (AvgIpc) is 3.00. The van der Waals surface area contributed by atoms with E-state index in [-0.39, 0.29) is 11.7 Å². The van der Waals surface area contributed by atoms with Crippen molar-refractivity contribution in [2.24, 2.45) is 0 Å². The Morgan fingerprint density at radius 3 is 2.82 bits per heavy atom. The molecule has 1 atom stereocenters. The van der Waals surface area contributed by atoms with Gasteiger partial charge in [-0.15, -0.1) is 0 Å². The van der Waals surface area contributed by atoms with Crippen LogP contribution < -0.4 is 11.1 Å². The maximum Gasteiger partial charge on any atom is 0.233 e. The van der Waals surface area contributed by atoms with Crippen LogP contribution in [-0.4, -0.2) is 21.9 Å². The molecule has 0 aromatic heterocycles. The Bertz CT molecular complexity index is 475. The van der Waals surface area contributed by atoms with Crippen LogP contribution in [0.1, 0.15) is 12.8 Å². The summed E-state index contributed by atoms with van der Waals surface area (Å²) in [7, 11) is -1.34. The normalized spacial score (nSPS) is 16.5. The number of nitrogens with two attached hydrogens (primary N) is 1. The van der Waals surface area contributed by atoms with Crippen molar-refractivity contribution in [3.8, 4) is 0 Å². The largest absolute Gasteiger partial charge is 0.399 e. The minimum absolute atomic E-state index is 0.000974. The molecule has 17 heavy (non-hydrogen) atoms. The molecule has 1 aromatic rings. The standard InChI is InChI=1S/C11H13BrN2O2S/c12-9-5-7(13)1-4-10(9)17(16)6-11(15)14-8-2-3-8/h1,4-5,8H,2-3,6,13H2,(H,14,15). The summed E-state index contributed by atoms with van der Waals surface area (Å²) in [5, 5.41) is 2.81. The van der Waals surface area contributed by atoms with Gasteiger partial charge in [0.2, 0.25) is 5.91 Å². The second-order valence-electron chi connectivity index (χ2n) is 4.02. The highest BCUT2D eigenvalue weighted by Gasteiger charge is 2.24. The highest BCUT2D eigenvalue weighted by Crippen LogP contribution is 2.23. The van der Waals surface area contributed by atoms with E-state index >= 15 is 0 Å². The average molecular weight is 317 g/mol. The number of carbonyl (C=O) groups excluding carboxylic acids is 1. The van der Waals surface area contributed by atoms with Gasteiger partial charge in [-0.25, -0.2) is 0 Å². The second-order valence-corrected chi connectivity index (χ2v) is 6.30. The van der Waals surface area contributed by atoms with Crippen molar-refractivity contribution >= 4 is 38.3 Å². The SMILES string of the molecule is Nc1ccc(S(=O)CC(=O)NC2CC2)c(Br)c1. The van der Waals surface area contributed by atoms with Crippen molar-refractivity contribution in [2.75, 3.05) is 11.5 Å². The smallest absolute Gasteiger partial charge is 0.233 e. The predicted molar refractivity (Wildman–Crippen MR) is 71.0 cm³/mol. The van der Waals surface area contributed by atoms with Crippen molar-refractivity contribution in [3.05, 3.63) is 22.7 Å². The molecule has 92 valence electrons. The Hall–Kier alpha value is -0.880. The van der Waals surface area contributed by atoms with Crippen LogP contribution in [0.4, 0.5) is 5.69 Å². The van der Waals surface area contributed by atoms with E-state index < -0.39 is 10.8 Å². The van der Waals surface area contributed by atoms with Gasteiger partial charge in [-0.1, -0.05) is 0 Å². The predicted octanol–water partition coefficient (Wildman–Crippen LogP) is 1.42. The van der Waals surface area contributed by atoms with Crippen LogP contribution >= 0.6 is 15.9 Å². The van der Waals surface area contributed by atoms with Crippen LogP contribution in [0, 0.1) is 0 Å². The summed E-state index contributed by atoms with van der Waals surface area (Å²) in [5.74, 6) is -0.159. The van der Waals surface area contributed by atoms with Crippen molar-refractivity contribution in [2.45, 2.75) is 23.8 Å². The van der Waals surface area contributed by atoms with E-state index in [9.17, 15) is 9.00 Å². The summed E-state index contributed by atoms with van der Waals surface area (Å²) in [6.07, 6.45) is 2.06. The number of halogens is 1. The van der Waals surface area contributed by atoms with Gasteiger partial charge in [0.15, 0.2) is 0 Å². The van der Waals surface area contributed by atoms with Gasteiger partial charge in [-0.05, 0) is 47.0 Å². The van der Waals surface area contributed by atoms with Gasteiger partial charge in [-0.2, -0.15) is 0 Å². The van der Waals surface area contributed by atoms with Crippen molar-refractivity contribution in [1.82, 2.24) is 5.32 Å². The third kappa shape index (κ3) is 3.54. The van der Waals surface area contributed by atoms with Crippen molar-refractivity contribution in [3.63, 3.8) is 0 Å². The van der Waals surface area contributed by atoms with E-state index in [2.05, 4.69) is 21.2 Å². The first-order chi connectivity index (χ1) is 8.06. The highest BCUT2D eigenvalue weighted by atomic mass is 79.9. The first-order valence-electron chi connectivity index (χ1n) is 5.29. The van der Waals surface area contributed by atoms with Gasteiger partial charge < -0.3 is 11.1 Å². The molecule has 0 bridgehead atoms. The van der Waals surface area contributed by atoms with Gasteiger partial charge in [0, 0.05) is 16.2 Å². The van der Waals surface area contributed by atoms with Gasteiger partial charge in [0.1, 0.15) is 5.75 Å².